The van der Waals surface area contributed by atoms with Crippen LogP contribution in [0, 0.1) is 3.57 Å². The third kappa shape index (κ3) is 3.51. The molecule has 0 radical (unpaired) electrons. The summed E-state index contributed by atoms with van der Waals surface area (Å²) in [5.41, 5.74) is 6.25. The van der Waals surface area contributed by atoms with Gasteiger partial charge in [0.2, 0.25) is 5.91 Å². The molecule has 0 fully saturated rings. The molecule has 0 aliphatic rings. The van der Waals surface area contributed by atoms with Gasteiger partial charge in [0, 0.05) is 8.04 Å². The smallest absolute Gasteiger partial charge is 0.231 e. The second kappa shape index (κ2) is 5.46. The van der Waals surface area contributed by atoms with E-state index in [1.54, 1.807) is 0 Å². The summed E-state index contributed by atoms with van der Waals surface area (Å²) in [6.45, 7) is 0. The maximum Gasteiger partial charge on any atom is 0.231 e. The van der Waals surface area contributed by atoms with Crippen LogP contribution in [0.15, 0.2) is 22.7 Å². The van der Waals surface area contributed by atoms with E-state index >= 15 is 0 Å². The first-order valence-electron chi connectivity index (χ1n) is 3.88. The van der Waals surface area contributed by atoms with Gasteiger partial charge in [0.15, 0.2) is 0 Å². The highest BCUT2D eigenvalue weighted by atomic mass is 127. The molecule has 0 aliphatic heterocycles. The summed E-state index contributed by atoms with van der Waals surface area (Å²) in [5, 5.41) is 0. The molecule has 0 bridgehead atoms. The lowest BCUT2D eigenvalue weighted by atomic mass is 10.1. The van der Waals surface area contributed by atoms with Gasteiger partial charge in [-0.15, -0.1) is 0 Å². The number of benzene rings is 1. The number of carbonyl (C=O) groups is 1. The van der Waals surface area contributed by atoms with Gasteiger partial charge in [0.1, 0.15) is 0 Å². The van der Waals surface area contributed by atoms with Crippen LogP contribution in [-0.4, -0.2) is 10.7 Å². The molecule has 1 aromatic carbocycles. The first-order chi connectivity index (χ1) is 6.50. The second-order valence-corrected chi connectivity index (χ2v) is 5.94. The fraction of sp³-hybridized carbons (Fsp3) is 0.222. The Morgan fingerprint density at radius 2 is 2.21 bits per heavy atom. The van der Waals surface area contributed by atoms with Crippen molar-refractivity contribution in [1.82, 2.24) is 0 Å². The molecule has 1 rings (SSSR count). The highest BCUT2D eigenvalue weighted by Gasteiger charge is 2.11. The maximum atomic E-state index is 10.8. The fourth-order valence-electron chi connectivity index (χ4n) is 0.974. The van der Waals surface area contributed by atoms with Crippen molar-refractivity contribution in [2.75, 3.05) is 0 Å². The lowest BCUT2D eigenvalue weighted by Crippen LogP contribution is -2.24. The number of amides is 1. The van der Waals surface area contributed by atoms with Crippen LogP contribution in [-0.2, 0) is 11.2 Å². The van der Waals surface area contributed by atoms with Gasteiger partial charge in [-0.25, -0.2) is 0 Å². The Labute approximate surface area is 113 Å². The van der Waals surface area contributed by atoms with Crippen molar-refractivity contribution in [2.45, 2.75) is 11.2 Å². The molecular formula is C9H8Br2INO. The van der Waals surface area contributed by atoms with Crippen LogP contribution in [0.2, 0.25) is 0 Å². The zero-order valence-electron chi connectivity index (χ0n) is 7.14. The summed E-state index contributed by atoms with van der Waals surface area (Å²) < 4.78 is 2.19. The summed E-state index contributed by atoms with van der Waals surface area (Å²) in [4.78, 5) is 10.5. The van der Waals surface area contributed by atoms with Gasteiger partial charge in [-0.3, -0.25) is 4.79 Å². The summed E-state index contributed by atoms with van der Waals surface area (Å²) in [5.74, 6) is -0.331. The Balaban J connectivity index is 2.78. The molecule has 1 aromatic rings. The average Bonchev–Trinajstić information content (AvgIpc) is 2.11. The number of rotatable bonds is 3. The third-order valence-electron chi connectivity index (χ3n) is 1.71. The van der Waals surface area contributed by atoms with E-state index in [0.717, 1.165) is 13.6 Å². The summed E-state index contributed by atoms with van der Waals surface area (Å²) in [6.07, 6.45) is 0.624. The van der Waals surface area contributed by atoms with Crippen molar-refractivity contribution >= 4 is 60.4 Å². The molecule has 76 valence electrons. The zero-order valence-corrected chi connectivity index (χ0v) is 12.5. The molecule has 0 aromatic heterocycles. The van der Waals surface area contributed by atoms with Gasteiger partial charge in [-0.05, 0) is 62.6 Å². The van der Waals surface area contributed by atoms with E-state index < -0.39 is 0 Å². The van der Waals surface area contributed by atoms with Crippen LogP contribution in [0.4, 0.5) is 0 Å². The van der Waals surface area contributed by atoms with E-state index in [2.05, 4.69) is 54.5 Å². The van der Waals surface area contributed by atoms with Crippen molar-refractivity contribution in [3.8, 4) is 0 Å². The molecule has 2 N–H and O–H groups in total. The minimum atomic E-state index is -0.331. The highest BCUT2D eigenvalue weighted by molar-refractivity contribution is 14.1. The zero-order chi connectivity index (χ0) is 10.7. The highest BCUT2D eigenvalue weighted by Crippen LogP contribution is 2.21. The standard InChI is InChI=1S/C9H8Br2INO/c10-6-2-1-5(4-8(6)12)3-7(11)9(13)14/h1-2,4,7H,3H2,(H2,13,14). The van der Waals surface area contributed by atoms with Gasteiger partial charge in [-0.1, -0.05) is 22.0 Å². The SMILES string of the molecule is NC(=O)C(Br)Cc1ccc(Br)c(I)c1. The number of nitrogens with two attached hydrogens (primary N) is 1. The number of halogens is 3. The molecular weight excluding hydrogens is 425 g/mol. The Morgan fingerprint density at radius 1 is 1.57 bits per heavy atom. The first-order valence-corrected chi connectivity index (χ1v) is 6.66. The Kier molecular flexibility index (Phi) is 4.86. The normalized spacial score (nSPS) is 12.5. The lowest BCUT2D eigenvalue weighted by Gasteiger charge is -2.06. The number of carbonyl (C=O) groups excluding carboxylic acids is 1. The van der Waals surface area contributed by atoms with Gasteiger partial charge >= 0.3 is 0 Å². The molecule has 5 heteroatoms. The van der Waals surface area contributed by atoms with Crippen molar-refractivity contribution in [3.05, 3.63) is 31.8 Å². The second-order valence-electron chi connectivity index (χ2n) is 2.82. The van der Waals surface area contributed by atoms with E-state index in [1.165, 1.54) is 0 Å². The first kappa shape index (κ1) is 12.4. The predicted octanol–water partition coefficient (Wildman–Crippen LogP) is 2.85. The van der Waals surface area contributed by atoms with Crippen molar-refractivity contribution in [1.29, 1.82) is 0 Å². The quantitative estimate of drug-likeness (QED) is 0.579. The monoisotopic (exact) mass is 431 g/mol. The minimum absolute atomic E-state index is 0.292. The van der Waals surface area contributed by atoms with Crippen LogP contribution < -0.4 is 5.73 Å². The van der Waals surface area contributed by atoms with E-state index in [0.29, 0.717) is 6.42 Å². The Morgan fingerprint density at radius 3 is 2.71 bits per heavy atom. The molecule has 1 amide bonds. The number of primary amides is 1. The molecule has 2 nitrogen and oxygen atoms in total. The Bertz CT molecular complexity index is 357. The molecule has 1 unspecified atom stereocenters. The van der Waals surface area contributed by atoms with E-state index in [4.69, 9.17) is 5.73 Å². The van der Waals surface area contributed by atoms with Crippen molar-refractivity contribution in [3.63, 3.8) is 0 Å². The van der Waals surface area contributed by atoms with E-state index in [1.807, 2.05) is 18.2 Å². The number of hydrogen-bond acceptors (Lipinski definition) is 1. The van der Waals surface area contributed by atoms with Crippen LogP contribution in [0.5, 0.6) is 0 Å². The molecule has 0 heterocycles. The van der Waals surface area contributed by atoms with Crippen LogP contribution in [0.3, 0.4) is 0 Å². The molecule has 0 aliphatic carbocycles. The molecule has 1 atom stereocenters. The van der Waals surface area contributed by atoms with Crippen LogP contribution in [0.25, 0.3) is 0 Å². The van der Waals surface area contributed by atoms with Crippen LogP contribution in [0.1, 0.15) is 5.56 Å². The molecule has 0 saturated heterocycles. The van der Waals surface area contributed by atoms with Gasteiger partial charge in [0.05, 0.1) is 4.83 Å². The third-order valence-corrected chi connectivity index (χ3v) is 4.81. The van der Waals surface area contributed by atoms with Crippen LogP contribution >= 0.6 is 54.5 Å². The summed E-state index contributed by atoms with van der Waals surface area (Å²) in [7, 11) is 0. The fourth-order valence-corrected chi connectivity index (χ4v) is 2.17. The average molecular weight is 433 g/mol. The van der Waals surface area contributed by atoms with E-state index in [9.17, 15) is 4.79 Å². The summed E-state index contributed by atoms with van der Waals surface area (Å²) in [6, 6.07) is 5.98. The largest absolute Gasteiger partial charge is 0.369 e. The van der Waals surface area contributed by atoms with Gasteiger partial charge in [0.25, 0.3) is 0 Å². The predicted molar refractivity (Wildman–Crippen MR) is 72.5 cm³/mol. The summed E-state index contributed by atoms with van der Waals surface area (Å²) >= 11 is 8.88. The molecule has 0 saturated carbocycles. The number of hydrogen-bond donors (Lipinski definition) is 1. The van der Waals surface area contributed by atoms with Gasteiger partial charge < -0.3 is 5.73 Å². The Hall–Kier alpha value is 0.380. The maximum absolute atomic E-state index is 10.8. The lowest BCUT2D eigenvalue weighted by molar-refractivity contribution is -0.117. The molecule has 14 heavy (non-hydrogen) atoms. The van der Waals surface area contributed by atoms with E-state index in [-0.39, 0.29) is 10.7 Å². The topological polar surface area (TPSA) is 43.1 Å². The van der Waals surface area contributed by atoms with Gasteiger partial charge in [-0.2, -0.15) is 0 Å². The number of alkyl halides is 1. The molecule has 0 spiro atoms. The van der Waals surface area contributed by atoms with Crippen molar-refractivity contribution in [2.24, 2.45) is 5.73 Å². The van der Waals surface area contributed by atoms with Crippen molar-refractivity contribution < 1.29 is 4.79 Å². The minimum Gasteiger partial charge on any atom is -0.369 e.